The van der Waals surface area contributed by atoms with Gasteiger partial charge in [-0.2, -0.15) is 0 Å². The molecule has 13 nitrogen and oxygen atoms in total. The van der Waals surface area contributed by atoms with Gasteiger partial charge in [0.15, 0.2) is 5.96 Å². The molecule has 2 fully saturated rings. The van der Waals surface area contributed by atoms with Crippen molar-refractivity contribution in [1.29, 1.82) is 0 Å². The molecule has 3 atom stereocenters. The van der Waals surface area contributed by atoms with Gasteiger partial charge in [-0.05, 0) is 80.0 Å². The molecule has 0 spiro atoms. The molecule has 2 aromatic carbocycles. The smallest absolute Gasteiger partial charge is 0.243 e. The molecular formula is C34H48N8O5. The van der Waals surface area contributed by atoms with Crippen LogP contribution in [0.1, 0.15) is 56.1 Å². The van der Waals surface area contributed by atoms with Crippen molar-refractivity contribution >= 4 is 29.6 Å². The summed E-state index contributed by atoms with van der Waals surface area (Å²) in [5, 5.41) is 21.9. The van der Waals surface area contributed by atoms with Gasteiger partial charge in [-0.3, -0.25) is 24.2 Å². The lowest BCUT2D eigenvalue weighted by atomic mass is 10.00. The number of hydrogen-bond acceptors (Lipinski definition) is 7. The van der Waals surface area contributed by atoms with Crippen molar-refractivity contribution in [3.05, 3.63) is 65.7 Å². The Hall–Kier alpha value is -4.65. The van der Waals surface area contributed by atoms with Crippen LogP contribution < -0.4 is 38.5 Å². The summed E-state index contributed by atoms with van der Waals surface area (Å²) in [6.45, 7) is 0.283. The molecule has 0 saturated heterocycles. The van der Waals surface area contributed by atoms with Gasteiger partial charge in [0, 0.05) is 32.0 Å². The third-order valence-electron chi connectivity index (χ3n) is 8.51. The Bertz CT molecular complexity index is 1360. The lowest BCUT2D eigenvalue weighted by Crippen LogP contribution is -2.58. The summed E-state index contributed by atoms with van der Waals surface area (Å²) in [4.78, 5) is 56.3. The predicted molar refractivity (Wildman–Crippen MR) is 179 cm³/mol. The van der Waals surface area contributed by atoms with Crippen molar-refractivity contribution in [2.24, 2.45) is 34.0 Å². The second-order valence-corrected chi connectivity index (χ2v) is 12.6. The highest BCUT2D eigenvalue weighted by molar-refractivity contribution is 5.93. The molecule has 2 aliphatic rings. The van der Waals surface area contributed by atoms with E-state index in [1.165, 1.54) is 0 Å². The maximum atomic E-state index is 14.0. The van der Waals surface area contributed by atoms with Gasteiger partial charge in [0.2, 0.25) is 23.6 Å². The van der Waals surface area contributed by atoms with E-state index in [2.05, 4.69) is 26.3 Å². The van der Waals surface area contributed by atoms with Crippen LogP contribution in [-0.4, -0.2) is 72.0 Å². The Morgan fingerprint density at radius 1 is 0.766 bits per heavy atom. The van der Waals surface area contributed by atoms with E-state index in [0.717, 1.165) is 36.8 Å². The number of guanidine groups is 1. The maximum Gasteiger partial charge on any atom is 0.243 e. The molecule has 0 aliphatic heterocycles. The number of phenols is 1. The minimum absolute atomic E-state index is 0.0295. The second-order valence-electron chi connectivity index (χ2n) is 12.6. The van der Waals surface area contributed by atoms with Gasteiger partial charge in [0.05, 0.1) is 6.04 Å². The minimum atomic E-state index is -0.988. The number of aliphatic imine (C=N–C) groups is 1. The van der Waals surface area contributed by atoms with Crippen LogP contribution >= 0.6 is 0 Å². The minimum Gasteiger partial charge on any atom is -0.508 e. The Kier molecular flexibility index (Phi) is 13.0. The number of nitrogens with zero attached hydrogens (tertiary/aromatic N) is 1. The molecule has 2 aromatic rings. The summed E-state index contributed by atoms with van der Waals surface area (Å²) in [6.07, 6.45) is 5.64. The molecule has 0 aromatic heterocycles. The molecule has 0 bridgehead atoms. The lowest BCUT2D eigenvalue weighted by molar-refractivity contribution is -0.132. The summed E-state index contributed by atoms with van der Waals surface area (Å²) in [6, 6.07) is 13.6. The number of nitrogens with two attached hydrogens (primary N) is 3. The Balaban J connectivity index is 1.52. The maximum absolute atomic E-state index is 14.0. The Labute approximate surface area is 275 Å². The number of aromatic hydroxyl groups is 1. The van der Waals surface area contributed by atoms with Gasteiger partial charge in [-0.15, -0.1) is 0 Å². The number of nitrogens with one attached hydrogen (secondary N) is 4. The molecule has 4 rings (SSSR count). The van der Waals surface area contributed by atoms with E-state index in [1.807, 2.05) is 30.3 Å². The molecule has 0 unspecified atom stereocenters. The normalized spacial score (nSPS) is 16.0. The monoisotopic (exact) mass is 648 g/mol. The molecule has 47 heavy (non-hydrogen) atoms. The molecule has 13 heteroatoms. The average molecular weight is 649 g/mol. The number of primary amides is 1. The number of amides is 4. The average Bonchev–Trinajstić information content (AvgIpc) is 3.96. The van der Waals surface area contributed by atoms with E-state index in [0.29, 0.717) is 24.7 Å². The number of rotatable bonds is 20. The summed E-state index contributed by atoms with van der Waals surface area (Å²) in [5.74, 6) is -0.773. The van der Waals surface area contributed by atoms with Crippen LogP contribution in [0.3, 0.4) is 0 Å². The van der Waals surface area contributed by atoms with Crippen molar-refractivity contribution in [3.8, 4) is 5.75 Å². The van der Waals surface area contributed by atoms with Crippen LogP contribution in [-0.2, 0) is 32.0 Å². The summed E-state index contributed by atoms with van der Waals surface area (Å²) in [7, 11) is 0. The largest absolute Gasteiger partial charge is 0.508 e. The zero-order valence-electron chi connectivity index (χ0n) is 26.7. The van der Waals surface area contributed by atoms with Crippen molar-refractivity contribution in [2.75, 3.05) is 13.1 Å². The first-order valence-corrected chi connectivity index (χ1v) is 16.4. The standard InChI is InChI=1S/C34H48N8O5/c35-29(44)16-18-38-31(45)27(19-21-5-2-1-3-6-21)42-32(46)26(7-4-17-39-34(36)37)41-33(47)28(20-22-8-14-25(43)15-9-22)40-30(23-10-11-23)24-12-13-24/h1-3,5-6,8-9,14-15,23-24,26-28,30,40,43H,4,7,10-13,16-20H2,(H2,35,44)(H,38,45)(H,41,47)(H,42,46)(H4,36,37,39)/t26-,27+,28+/m1/s1. The van der Waals surface area contributed by atoms with Crippen LogP contribution in [0, 0.1) is 11.8 Å². The van der Waals surface area contributed by atoms with Gasteiger partial charge >= 0.3 is 0 Å². The third kappa shape index (κ3) is 12.2. The fourth-order valence-electron chi connectivity index (χ4n) is 5.70. The Morgan fingerprint density at radius 2 is 1.34 bits per heavy atom. The van der Waals surface area contributed by atoms with Crippen molar-refractivity contribution < 1.29 is 24.3 Å². The van der Waals surface area contributed by atoms with Crippen LogP contribution in [0.15, 0.2) is 59.6 Å². The SMILES string of the molecule is NC(=O)CCNC(=O)[C@H](Cc1ccccc1)NC(=O)[C@@H](CCCN=C(N)N)NC(=O)[C@H](Cc1ccc(O)cc1)NC(C1CC1)C1CC1. The lowest BCUT2D eigenvalue weighted by Gasteiger charge is -2.28. The Morgan fingerprint density at radius 3 is 1.94 bits per heavy atom. The number of carbonyl (C=O) groups is 4. The van der Waals surface area contributed by atoms with Gasteiger partial charge in [0.1, 0.15) is 17.8 Å². The van der Waals surface area contributed by atoms with Gasteiger partial charge < -0.3 is 43.6 Å². The molecule has 2 aliphatic carbocycles. The first-order valence-electron chi connectivity index (χ1n) is 16.4. The summed E-state index contributed by atoms with van der Waals surface area (Å²) < 4.78 is 0. The van der Waals surface area contributed by atoms with E-state index in [1.54, 1.807) is 24.3 Å². The zero-order chi connectivity index (χ0) is 33.8. The quantitative estimate of drug-likeness (QED) is 0.0566. The molecule has 0 radical (unpaired) electrons. The van der Waals surface area contributed by atoms with E-state index < -0.39 is 35.8 Å². The fraction of sp³-hybridized carbons (Fsp3) is 0.500. The van der Waals surface area contributed by atoms with E-state index in [-0.39, 0.29) is 56.0 Å². The van der Waals surface area contributed by atoms with Crippen LogP contribution in [0.5, 0.6) is 5.75 Å². The molecule has 254 valence electrons. The van der Waals surface area contributed by atoms with Crippen LogP contribution in [0.2, 0.25) is 0 Å². The van der Waals surface area contributed by atoms with Crippen molar-refractivity contribution in [2.45, 2.75) is 82.0 Å². The number of carbonyl (C=O) groups excluding carboxylic acids is 4. The second kappa shape index (κ2) is 17.3. The third-order valence-corrected chi connectivity index (χ3v) is 8.51. The van der Waals surface area contributed by atoms with Gasteiger partial charge in [-0.25, -0.2) is 0 Å². The van der Waals surface area contributed by atoms with Crippen molar-refractivity contribution in [1.82, 2.24) is 21.3 Å². The molecule has 4 amide bonds. The van der Waals surface area contributed by atoms with E-state index in [9.17, 15) is 24.3 Å². The molecule has 2 saturated carbocycles. The molecular weight excluding hydrogens is 600 g/mol. The fourth-order valence-corrected chi connectivity index (χ4v) is 5.70. The first-order chi connectivity index (χ1) is 22.6. The van der Waals surface area contributed by atoms with Gasteiger partial charge in [-0.1, -0.05) is 42.5 Å². The van der Waals surface area contributed by atoms with E-state index >= 15 is 0 Å². The number of phenolic OH excluding ortho intramolecular Hbond substituents is 1. The summed E-state index contributed by atoms with van der Waals surface area (Å²) in [5.41, 5.74) is 17.9. The number of hydrogen-bond donors (Lipinski definition) is 8. The van der Waals surface area contributed by atoms with E-state index in [4.69, 9.17) is 17.2 Å². The predicted octanol–water partition coefficient (Wildman–Crippen LogP) is 0.339. The number of benzene rings is 2. The van der Waals surface area contributed by atoms with Crippen LogP contribution in [0.25, 0.3) is 0 Å². The first kappa shape index (κ1) is 35.2. The van der Waals surface area contributed by atoms with Crippen LogP contribution in [0.4, 0.5) is 0 Å². The topological polar surface area (TPSA) is 227 Å². The molecule has 0 heterocycles. The zero-order valence-corrected chi connectivity index (χ0v) is 26.7. The summed E-state index contributed by atoms with van der Waals surface area (Å²) >= 11 is 0. The molecule has 11 N–H and O–H groups in total. The highest BCUT2D eigenvalue weighted by Gasteiger charge is 2.43. The highest BCUT2D eigenvalue weighted by atomic mass is 16.3. The van der Waals surface area contributed by atoms with Gasteiger partial charge in [0.25, 0.3) is 0 Å². The van der Waals surface area contributed by atoms with Crippen molar-refractivity contribution in [3.63, 3.8) is 0 Å². The highest BCUT2D eigenvalue weighted by Crippen LogP contribution is 2.44.